The molecule has 1 aliphatic rings. The highest BCUT2D eigenvalue weighted by molar-refractivity contribution is 5.82. The van der Waals surface area contributed by atoms with Gasteiger partial charge < -0.3 is 15.1 Å². The molecular weight excluding hydrogens is 214 g/mol. The van der Waals surface area contributed by atoms with Crippen LogP contribution in [0.25, 0.3) is 0 Å². The first kappa shape index (κ1) is 14.5. The molecular formula is C13H27N3O. The lowest BCUT2D eigenvalue weighted by Gasteiger charge is -2.34. The van der Waals surface area contributed by atoms with Gasteiger partial charge in [0.15, 0.2) is 0 Å². The number of nitrogens with one attached hydrogen (secondary N) is 1. The van der Waals surface area contributed by atoms with Crippen molar-refractivity contribution < 1.29 is 4.79 Å². The molecule has 4 heteroatoms. The Kier molecular flexibility index (Phi) is 5.92. The SMILES string of the molecule is CCN(C(=O)[C@@H]1CCCCN1)C(C)CN(C)C. The highest BCUT2D eigenvalue weighted by atomic mass is 16.2. The first-order valence-electron chi connectivity index (χ1n) is 6.74. The minimum absolute atomic E-state index is 0.0494. The molecule has 1 saturated heterocycles. The third kappa shape index (κ3) is 4.28. The number of nitrogens with zero attached hydrogens (tertiary/aromatic N) is 2. The molecule has 0 saturated carbocycles. The summed E-state index contributed by atoms with van der Waals surface area (Å²) in [6.07, 6.45) is 3.36. The van der Waals surface area contributed by atoms with Gasteiger partial charge in [0.1, 0.15) is 0 Å². The topological polar surface area (TPSA) is 35.6 Å². The van der Waals surface area contributed by atoms with Crippen molar-refractivity contribution in [2.45, 2.75) is 45.2 Å². The highest BCUT2D eigenvalue weighted by Gasteiger charge is 2.27. The van der Waals surface area contributed by atoms with Crippen molar-refractivity contribution in [3.63, 3.8) is 0 Å². The molecule has 0 spiro atoms. The maximum absolute atomic E-state index is 12.4. The van der Waals surface area contributed by atoms with Gasteiger partial charge in [-0.05, 0) is 47.3 Å². The van der Waals surface area contributed by atoms with Crippen molar-refractivity contribution in [3.8, 4) is 0 Å². The quantitative estimate of drug-likeness (QED) is 0.778. The van der Waals surface area contributed by atoms with E-state index in [2.05, 4.69) is 24.1 Å². The zero-order valence-electron chi connectivity index (χ0n) is 11.7. The summed E-state index contributed by atoms with van der Waals surface area (Å²) >= 11 is 0. The lowest BCUT2D eigenvalue weighted by Crippen LogP contribution is -2.53. The van der Waals surface area contributed by atoms with Crippen LogP contribution in [-0.4, -0.2) is 61.5 Å². The van der Waals surface area contributed by atoms with Crippen LogP contribution < -0.4 is 5.32 Å². The van der Waals surface area contributed by atoms with Gasteiger partial charge in [-0.25, -0.2) is 0 Å². The summed E-state index contributed by atoms with van der Waals surface area (Å²) < 4.78 is 0. The van der Waals surface area contributed by atoms with Crippen LogP contribution in [0.4, 0.5) is 0 Å². The first-order valence-corrected chi connectivity index (χ1v) is 6.74. The van der Waals surface area contributed by atoms with Crippen LogP contribution >= 0.6 is 0 Å². The molecule has 1 unspecified atom stereocenters. The molecule has 100 valence electrons. The van der Waals surface area contributed by atoms with Gasteiger partial charge in [0.05, 0.1) is 6.04 Å². The van der Waals surface area contributed by atoms with Gasteiger partial charge in [-0.2, -0.15) is 0 Å². The summed E-state index contributed by atoms with van der Waals surface area (Å²) in [5, 5.41) is 3.34. The minimum Gasteiger partial charge on any atom is -0.338 e. The Labute approximate surface area is 105 Å². The molecule has 4 nitrogen and oxygen atoms in total. The molecule has 1 aliphatic heterocycles. The molecule has 17 heavy (non-hydrogen) atoms. The Bertz CT molecular complexity index is 237. The summed E-state index contributed by atoms with van der Waals surface area (Å²) in [5.74, 6) is 0.279. The fourth-order valence-electron chi connectivity index (χ4n) is 2.57. The Morgan fingerprint density at radius 2 is 2.12 bits per heavy atom. The molecule has 0 aromatic heterocycles. The van der Waals surface area contributed by atoms with Crippen molar-refractivity contribution >= 4 is 5.91 Å². The van der Waals surface area contributed by atoms with Crippen molar-refractivity contribution in [3.05, 3.63) is 0 Å². The van der Waals surface area contributed by atoms with E-state index >= 15 is 0 Å². The van der Waals surface area contributed by atoms with Crippen molar-refractivity contribution in [2.75, 3.05) is 33.7 Å². The number of carbonyl (C=O) groups excluding carboxylic acids is 1. The largest absolute Gasteiger partial charge is 0.338 e. The van der Waals surface area contributed by atoms with Crippen LogP contribution in [0.2, 0.25) is 0 Å². The predicted octanol–water partition coefficient (Wildman–Crippen LogP) is 0.927. The number of likely N-dealkylation sites (N-methyl/N-ethyl adjacent to an activating group) is 2. The van der Waals surface area contributed by atoms with Gasteiger partial charge >= 0.3 is 0 Å². The lowest BCUT2D eigenvalue weighted by atomic mass is 10.0. The number of hydrogen-bond donors (Lipinski definition) is 1. The van der Waals surface area contributed by atoms with Gasteiger partial charge in [0, 0.05) is 19.1 Å². The number of amides is 1. The Morgan fingerprint density at radius 3 is 2.59 bits per heavy atom. The second-order valence-corrected chi connectivity index (χ2v) is 5.24. The van der Waals surface area contributed by atoms with Gasteiger partial charge in [0.2, 0.25) is 5.91 Å². The average Bonchev–Trinajstić information content (AvgIpc) is 2.30. The van der Waals surface area contributed by atoms with Crippen LogP contribution in [0.3, 0.4) is 0 Å². The van der Waals surface area contributed by atoms with E-state index in [-0.39, 0.29) is 18.0 Å². The normalized spacial score (nSPS) is 22.5. The van der Waals surface area contributed by atoms with Crippen LogP contribution in [0.15, 0.2) is 0 Å². The monoisotopic (exact) mass is 241 g/mol. The molecule has 0 aromatic carbocycles. The van der Waals surface area contributed by atoms with E-state index in [1.165, 1.54) is 12.8 Å². The molecule has 1 fully saturated rings. The number of piperidine rings is 1. The Balaban J connectivity index is 2.55. The number of rotatable bonds is 5. The fourth-order valence-corrected chi connectivity index (χ4v) is 2.57. The van der Waals surface area contributed by atoms with Crippen molar-refractivity contribution in [1.29, 1.82) is 0 Å². The van der Waals surface area contributed by atoms with E-state index in [9.17, 15) is 4.79 Å². The van der Waals surface area contributed by atoms with E-state index < -0.39 is 0 Å². The third-order valence-corrected chi connectivity index (χ3v) is 3.39. The van der Waals surface area contributed by atoms with E-state index in [1.54, 1.807) is 0 Å². The fraction of sp³-hybridized carbons (Fsp3) is 0.923. The van der Waals surface area contributed by atoms with Crippen LogP contribution in [-0.2, 0) is 4.79 Å². The molecule has 0 aliphatic carbocycles. The standard InChI is InChI=1S/C13H27N3O/c1-5-16(11(2)10-15(3)4)13(17)12-8-6-7-9-14-12/h11-12,14H,5-10H2,1-4H3/t11?,12-/m0/s1. The number of hydrogen-bond acceptors (Lipinski definition) is 3. The minimum atomic E-state index is 0.0494. The van der Waals surface area contributed by atoms with Gasteiger partial charge in [0.25, 0.3) is 0 Å². The van der Waals surface area contributed by atoms with E-state index in [0.29, 0.717) is 0 Å². The van der Waals surface area contributed by atoms with Crippen LogP contribution in [0, 0.1) is 0 Å². The molecule has 1 N–H and O–H groups in total. The maximum atomic E-state index is 12.4. The first-order chi connectivity index (χ1) is 8.06. The summed E-state index contributed by atoms with van der Waals surface area (Å²) in [7, 11) is 4.10. The lowest BCUT2D eigenvalue weighted by molar-refractivity contribution is -0.136. The third-order valence-electron chi connectivity index (χ3n) is 3.39. The molecule has 1 amide bonds. The van der Waals surface area contributed by atoms with E-state index in [0.717, 1.165) is 26.1 Å². The second kappa shape index (κ2) is 6.97. The van der Waals surface area contributed by atoms with Crippen LogP contribution in [0.5, 0.6) is 0 Å². The van der Waals surface area contributed by atoms with Crippen LogP contribution in [0.1, 0.15) is 33.1 Å². The molecule has 1 rings (SSSR count). The Hall–Kier alpha value is -0.610. The smallest absolute Gasteiger partial charge is 0.239 e. The summed E-state index contributed by atoms with van der Waals surface area (Å²) in [6.45, 7) is 6.89. The van der Waals surface area contributed by atoms with E-state index in [1.807, 2.05) is 19.0 Å². The van der Waals surface area contributed by atoms with Crippen molar-refractivity contribution in [1.82, 2.24) is 15.1 Å². The van der Waals surface area contributed by atoms with Gasteiger partial charge in [-0.15, -0.1) is 0 Å². The summed E-state index contributed by atoms with van der Waals surface area (Å²) in [6, 6.07) is 0.333. The summed E-state index contributed by atoms with van der Waals surface area (Å²) in [4.78, 5) is 16.5. The highest BCUT2D eigenvalue weighted by Crippen LogP contribution is 2.12. The second-order valence-electron chi connectivity index (χ2n) is 5.24. The Morgan fingerprint density at radius 1 is 1.41 bits per heavy atom. The maximum Gasteiger partial charge on any atom is 0.239 e. The zero-order chi connectivity index (χ0) is 12.8. The molecule has 0 radical (unpaired) electrons. The van der Waals surface area contributed by atoms with E-state index in [4.69, 9.17) is 0 Å². The average molecular weight is 241 g/mol. The molecule has 1 heterocycles. The molecule has 0 bridgehead atoms. The zero-order valence-corrected chi connectivity index (χ0v) is 11.7. The van der Waals surface area contributed by atoms with Gasteiger partial charge in [-0.3, -0.25) is 4.79 Å². The van der Waals surface area contributed by atoms with Crippen molar-refractivity contribution in [2.24, 2.45) is 0 Å². The number of carbonyl (C=O) groups is 1. The summed E-state index contributed by atoms with van der Waals surface area (Å²) in [5.41, 5.74) is 0. The predicted molar refractivity (Wildman–Crippen MR) is 71.0 cm³/mol. The molecule has 2 atom stereocenters. The van der Waals surface area contributed by atoms with Gasteiger partial charge in [-0.1, -0.05) is 6.42 Å². The molecule has 0 aromatic rings.